The van der Waals surface area contributed by atoms with E-state index in [1.807, 2.05) is 13.8 Å². The minimum Gasteiger partial charge on any atom is -0.350 e. The fourth-order valence-corrected chi connectivity index (χ4v) is 1.07. The maximum atomic E-state index is 11.5. The molecule has 4 nitrogen and oxygen atoms in total. The Morgan fingerprint density at radius 2 is 2.29 bits per heavy atom. The number of nitrogens with two attached hydrogens (primary N) is 1. The summed E-state index contributed by atoms with van der Waals surface area (Å²) in [5.74, 6) is -0.109. The third-order valence-electron chi connectivity index (χ3n) is 1.71. The topological polar surface area (TPSA) is 68.0 Å². The van der Waals surface area contributed by atoms with Gasteiger partial charge >= 0.3 is 0 Å². The minimum atomic E-state index is -0.109. The van der Waals surface area contributed by atoms with E-state index in [-0.39, 0.29) is 11.9 Å². The van der Waals surface area contributed by atoms with Crippen LogP contribution in [0.2, 0.25) is 0 Å². The Labute approximate surface area is 83.5 Å². The second kappa shape index (κ2) is 4.72. The van der Waals surface area contributed by atoms with Gasteiger partial charge in [0.2, 0.25) is 0 Å². The van der Waals surface area contributed by atoms with Crippen molar-refractivity contribution < 1.29 is 4.79 Å². The summed E-state index contributed by atoms with van der Waals surface area (Å²) in [5, 5.41) is 2.79. The Morgan fingerprint density at radius 1 is 1.57 bits per heavy atom. The largest absolute Gasteiger partial charge is 0.350 e. The van der Waals surface area contributed by atoms with E-state index in [0.717, 1.165) is 5.56 Å². The van der Waals surface area contributed by atoms with Gasteiger partial charge in [-0.15, -0.1) is 0 Å². The number of amides is 1. The van der Waals surface area contributed by atoms with Crippen LogP contribution in [0.15, 0.2) is 18.5 Å². The van der Waals surface area contributed by atoms with Crippen LogP contribution in [-0.4, -0.2) is 16.9 Å². The van der Waals surface area contributed by atoms with Crippen molar-refractivity contribution in [2.45, 2.75) is 26.4 Å². The van der Waals surface area contributed by atoms with Gasteiger partial charge in [-0.1, -0.05) is 0 Å². The molecular weight excluding hydrogens is 178 g/mol. The molecule has 0 bridgehead atoms. The molecule has 0 fully saturated rings. The number of hydrogen-bond donors (Lipinski definition) is 2. The van der Waals surface area contributed by atoms with Crippen molar-refractivity contribution in [2.24, 2.45) is 5.73 Å². The normalized spacial score (nSPS) is 10.3. The quantitative estimate of drug-likeness (QED) is 0.741. The van der Waals surface area contributed by atoms with Crippen molar-refractivity contribution in [3.05, 3.63) is 29.6 Å². The standard InChI is InChI=1S/C10H15N3O/c1-7(2)13-10(14)9-3-8(4-11)5-12-6-9/h3,5-7H,4,11H2,1-2H3,(H,13,14). The highest BCUT2D eigenvalue weighted by molar-refractivity contribution is 5.94. The molecule has 0 aromatic carbocycles. The van der Waals surface area contributed by atoms with Crippen molar-refractivity contribution in [3.8, 4) is 0 Å². The second-order valence-electron chi connectivity index (χ2n) is 3.41. The molecule has 0 unspecified atom stereocenters. The molecule has 0 aliphatic rings. The molecule has 76 valence electrons. The predicted molar refractivity (Wildman–Crippen MR) is 54.7 cm³/mol. The van der Waals surface area contributed by atoms with E-state index in [4.69, 9.17) is 5.73 Å². The van der Waals surface area contributed by atoms with Crippen LogP contribution < -0.4 is 11.1 Å². The molecule has 0 spiro atoms. The molecule has 1 heterocycles. The summed E-state index contributed by atoms with van der Waals surface area (Å²) >= 11 is 0. The average Bonchev–Trinajstić information content (AvgIpc) is 2.17. The fourth-order valence-electron chi connectivity index (χ4n) is 1.07. The van der Waals surface area contributed by atoms with Gasteiger partial charge in [0.15, 0.2) is 0 Å². The van der Waals surface area contributed by atoms with Gasteiger partial charge in [-0.3, -0.25) is 9.78 Å². The number of pyridine rings is 1. The number of rotatable bonds is 3. The summed E-state index contributed by atoms with van der Waals surface area (Å²) < 4.78 is 0. The molecule has 1 aromatic rings. The van der Waals surface area contributed by atoms with Gasteiger partial charge in [-0.25, -0.2) is 0 Å². The van der Waals surface area contributed by atoms with Gasteiger partial charge in [-0.2, -0.15) is 0 Å². The Hall–Kier alpha value is -1.42. The Bertz CT molecular complexity index is 323. The van der Waals surface area contributed by atoms with E-state index in [9.17, 15) is 4.79 Å². The summed E-state index contributed by atoms with van der Waals surface area (Å²) in [6, 6.07) is 1.88. The average molecular weight is 193 g/mol. The maximum Gasteiger partial charge on any atom is 0.253 e. The molecule has 1 rings (SSSR count). The lowest BCUT2D eigenvalue weighted by atomic mass is 10.2. The molecule has 3 N–H and O–H groups in total. The van der Waals surface area contributed by atoms with Crippen LogP contribution in [0, 0.1) is 0 Å². The van der Waals surface area contributed by atoms with E-state index in [0.29, 0.717) is 12.1 Å². The van der Waals surface area contributed by atoms with Crippen molar-refractivity contribution in [1.29, 1.82) is 0 Å². The SMILES string of the molecule is CC(C)NC(=O)c1cncc(CN)c1. The molecule has 0 radical (unpaired) electrons. The summed E-state index contributed by atoms with van der Waals surface area (Å²) in [7, 11) is 0. The Balaban J connectivity index is 2.79. The van der Waals surface area contributed by atoms with Gasteiger partial charge in [0.1, 0.15) is 0 Å². The fraction of sp³-hybridized carbons (Fsp3) is 0.400. The van der Waals surface area contributed by atoms with Gasteiger partial charge < -0.3 is 11.1 Å². The summed E-state index contributed by atoms with van der Waals surface area (Å²) in [6.07, 6.45) is 3.20. The number of nitrogens with zero attached hydrogens (tertiary/aromatic N) is 1. The molecule has 0 saturated carbocycles. The summed E-state index contributed by atoms with van der Waals surface area (Å²) in [5.41, 5.74) is 6.87. The van der Waals surface area contributed by atoms with Gasteiger partial charge in [-0.05, 0) is 25.5 Å². The van der Waals surface area contributed by atoms with Gasteiger partial charge in [0.05, 0.1) is 5.56 Å². The van der Waals surface area contributed by atoms with Crippen molar-refractivity contribution in [2.75, 3.05) is 0 Å². The molecule has 0 atom stereocenters. The van der Waals surface area contributed by atoms with Gasteiger partial charge in [0.25, 0.3) is 5.91 Å². The molecule has 0 saturated heterocycles. The lowest BCUT2D eigenvalue weighted by Crippen LogP contribution is -2.30. The van der Waals surface area contributed by atoms with Crippen molar-refractivity contribution in [1.82, 2.24) is 10.3 Å². The van der Waals surface area contributed by atoms with Crippen LogP contribution >= 0.6 is 0 Å². The molecule has 14 heavy (non-hydrogen) atoms. The lowest BCUT2D eigenvalue weighted by molar-refractivity contribution is 0.0942. The van der Waals surface area contributed by atoms with Crippen LogP contribution in [0.25, 0.3) is 0 Å². The third-order valence-corrected chi connectivity index (χ3v) is 1.71. The Morgan fingerprint density at radius 3 is 2.86 bits per heavy atom. The van der Waals surface area contributed by atoms with E-state index in [2.05, 4.69) is 10.3 Å². The number of carbonyl (C=O) groups is 1. The maximum absolute atomic E-state index is 11.5. The van der Waals surface area contributed by atoms with Gasteiger partial charge in [0, 0.05) is 25.0 Å². The highest BCUT2D eigenvalue weighted by Crippen LogP contribution is 2.02. The highest BCUT2D eigenvalue weighted by Gasteiger charge is 2.07. The number of carbonyl (C=O) groups excluding carboxylic acids is 1. The molecule has 4 heteroatoms. The van der Waals surface area contributed by atoms with Crippen LogP contribution in [0.4, 0.5) is 0 Å². The Kier molecular flexibility index (Phi) is 3.59. The second-order valence-corrected chi connectivity index (χ2v) is 3.41. The zero-order valence-electron chi connectivity index (χ0n) is 8.45. The van der Waals surface area contributed by atoms with Crippen LogP contribution in [0.1, 0.15) is 29.8 Å². The van der Waals surface area contributed by atoms with E-state index < -0.39 is 0 Å². The highest BCUT2D eigenvalue weighted by atomic mass is 16.1. The number of hydrogen-bond acceptors (Lipinski definition) is 3. The smallest absolute Gasteiger partial charge is 0.253 e. The monoisotopic (exact) mass is 193 g/mol. The zero-order valence-corrected chi connectivity index (χ0v) is 8.45. The van der Waals surface area contributed by atoms with Crippen LogP contribution in [-0.2, 0) is 6.54 Å². The van der Waals surface area contributed by atoms with Crippen LogP contribution in [0.3, 0.4) is 0 Å². The third kappa shape index (κ3) is 2.81. The van der Waals surface area contributed by atoms with E-state index in [1.54, 1.807) is 12.3 Å². The van der Waals surface area contributed by atoms with Crippen molar-refractivity contribution >= 4 is 5.91 Å². The lowest BCUT2D eigenvalue weighted by Gasteiger charge is -2.08. The molecule has 1 amide bonds. The molecular formula is C10H15N3O. The first-order valence-corrected chi connectivity index (χ1v) is 4.58. The summed E-state index contributed by atoms with van der Waals surface area (Å²) in [4.78, 5) is 15.5. The molecule has 1 aromatic heterocycles. The van der Waals surface area contributed by atoms with Crippen LogP contribution in [0.5, 0.6) is 0 Å². The van der Waals surface area contributed by atoms with Crippen molar-refractivity contribution in [3.63, 3.8) is 0 Å². The zero-order chi connectivity index (χ0) is 10.6. The number of nitrogens with one attached hydrogen (secondary N) is 1. The number of aromatic nitrogens is 1. The summed E-state index contributed by atoms with van der Waals surface area (Å²) in [6.45, 7) is 4.23. The van der Waals surface area contributed by atoms with E-state index in [1.165, 1.54) is 6.20 Å². The first-order valence-electron chi connectivity index (χ1n) is 4.58. The molecule has 0 aliphatic carbocycles. The predicted octanol–water partition coefficient (Wildman–Crippen LogP) is 0.679. The molecule has 0 aliphatic heterocycles. The van der Waals surface area contributed by atoms with E-state index >= 15 is 0 Å². The first kappa shape index (κ1) is 10.7. The minimum absolute atomic E-state index is 0.109. The first-order chi connectivity index (χ1) is 6.63.